The first-order valence-corrected chi connectivity index (χ1v) is 15.6. The first-order chi connectivity index (χ1) is 21.5. The molecule has 0 radical (unpaired) electrons. The summed E-state index contributed by atoms with van der Waals surface area (Å²) >= 11 is 5.02. The molecule has 6 nitrogen and oxygen atoms in total. The quantitative estimate of drug-likeness (QED) is 0.147. The van der Waals surface area contributed by atoms with Crippen molar-refractivity contribution < 1.29 is 19.0 Å². The zero-order valence-corrected chi connectivity index (χ0v) is 26.6. The standard InChI is InChI=1S/C36H29BrN2O4S/c1-41-30-16-13-24(14-17-30)22-39-35(40)33(44-36(39)38-29-10-4-3-5-11-29)21-26-19-31(37)34(32(20-26)42-2)43-23-25-12-15-27-8-6-7-9-28(27)18-25/h3-21H,22-23H2,1-2H3/b33-21-,38-36?. The second-order valence-electron chi connectivity index (χ2n) is 10.1. The van der Waals surface area contributed by atoms with E-state index in [1.165, 1.54) is 17.1 Å². The number of amides is 1. The van der Waals surface area contributed by atoms with Crippen LogP contribution in [0.3, 0.4) is 0 Å². The molecule has 0 N–H and O–H groups in total. The number of aliphatic imine (C=N–C) groups is 1. The molecule has 1 fully saturated rings. The lowest BCUT2D eigenvalue weighted by molar-refractivity contribution is -0.122. The molecule has 44 heavy (non-hydrogen) atoms. The lowest BCUT2D eigenvalue weighted by Gasteiger charge is -2.16. The van der Waals surface area contributed by atoms with Gasteiger partial charge in [0.2, 0.25) is 0 Å². The Balaban J connectivity index is 1.26. The summed E-state index contributed by atoms with van der Waals surface area (Å²) in [6.45, 7) is 0.765. The number of halogens is 1. The van der Waals surface area contributed by atoms with E-state index in [4.69, 9.17) is 19.2 Å². The molecular formula is C36H29BrN2O4S. The molecule has 0 spiro atoms. The predicted molar refractivity (Wildman–Crippen MR) is 182 cm³/mol. The topological polar surface area (TPSA) is 60.4 Å². The fourth-order valence-electron chi connectivity index (χ4n) is 4.86. The number of fused-ring (bicyclic) bond motifs is 1. The minimum absolute atomic E-state index is 0.118. The Morgan fingerprint density at radius 1 is 0.818 bits per heavy atom. The number of nitrogens with zero attached hydrogens (tertiary/aromatic N) is 2. The largest absolute Gasteiger partial charge is 0.497 e. The summed E-state index contributed by atoms with van der Waals surface area (Å²) in [5.74, 6) is 1.81. The number of carbonyl (C=O) groups excluding carboxylic acids is 1. The van der Waals surface area contributed by atoms with Gasteiger partial charge < -0.3 is 14.2 Å². The van der Waals surface area contributed by atoms with E-state index in [0.29, 0.717) is 34.7 Å². The minimum Gasteiger partial charge on any atom is -0.497 e. The molecule has 8 heteroatoms. The molecule has 0 aliphatic carbocycles. The lowest BCUT2D eigenvalue weighted by Crippen LogP contribution is -2.28. The molecule has 1 heterocycles. The van der Waals surface area contributed by atoms with Gasteiger partial charge in [0.25, 0.3) is 5.91 Å². The number of amidine groups is 1. The van der Waals surface area contributed by atoms with Crippen LogP contribution < -0.4 is 14.2 Å². The van der Waals surface area contributed by atoms with Crippen molar-refractivity contribution >= 4 is 61.3 Å². The third kappa shape index (κ3) is 6.67. The molecule has 5 aromatic carbocycles. The van der Waals surface area contributed by atoms with Gasteiger partial charge in [-0.15, -0.1) is 0 Å². The van der Waals surface area contributed by atoms with Gasteiger partial charge in [-0.3, -0.25) is 9.69 Å². The highest BCUT2D eigenvalue weighted by atomic mass is 79.9. The Morgan fingerprint density at radius 3 is 2.30 bits per heavy atom. The van der Waals surface area contributed by atoms with Crippen molar-refractivity contribution in [1.82, 2.24) is 4.90 Å². The maximum Gasteiger partial charge on any atom is 0.267 e. The number of hydrogen-bond acceptors (Lipinski definition) is 6. The Labute approximate surface area is 269 Å². The molecular weight excluding hydrogens is 636 g/mol. The van der Waals surface area contributed by atoms with Crippen molar-refractivity contribution in [2.24, 2.45) is 4.99 Å². The van der Waals surface area contributed by atoms with Crippen molar-refractivity contribution in [2.75, 3.05) is 14.2 Å². The van der Waals surface area contributed by atoms with Gasteiger partial charge in [-0.2, -0.15) is 0 Å². The number of para-hydroxylation sites is 1. The number of thioether (sulfide) groups is 1. The van der Waals surface area contributed by atoms with Crippen LogP contribution >= 0.6 is 27.7 Å². The van der Waals surface area contributed by atoms with Gasteiger partial charge in [-0.25, -0.2) is 4.99 Å². The number of hydrogen-bond donors (Lipinski definition) is 0. The molecule has 1 saturated heterocycles. The lowest BCUT2D eigenvalue weighted by atomic mass is 10.1. The molecule has 0 atom stereocenters. The van der Waals surface area contributed by atoms with E-state index in [1.807, 2.05) is 84.9 Å². The van der Waals surface area contributed by atoms with E-state index < -0.39 is 0 Å². The van der Waals surface area contributed by atoms with Gasteiger partial charge in [0.1, 0.15) is 12.4 Å². The predicted octanol–water partition coefficient (Wildman–Crippen LogP) is 9.00. The van der Waals surface area contributed by atoms with E-state index in [2.05, 4.69) is 46.3 Å². The molecule has 5 aromatic rings. The molecule has 1 aliphatic heterocycles. The van der Waals surface area contributed by atoms with Gasteiger partial charge in [0.05, 0.1) is 35.8 Å². The van der Waals surface area contributed by atoms with Crippen LogP contribution in [-0.2, 0) is 17.9 Å². The van der Waals surface area contributed by atoms with Crippen molar-refractivity contribution in [3.05, 3.63) is 135 Å². The second kappa shape index (κ2) is 13.4. The zero-order valence-electron chi connectivity index (χ0n) is 24.2. The first kappa shape index (κ1) is 29.5. The van der Waals surface area contributed by atoms with Gasteiger partial charge in [-0.1, -0.05) is 66.7 Å². The molecule has 1 aliphatic rings. The molecule has 6 rings (SSSR count). The highest BCUT2D eigenvalue weighted by Gasteiger charge is 2.33. The molecule has 0 unspecified atom stereocenters. The summed E-state index contributed by atoms with van der Waals surface area (Å²) in [5, 5.41) is 2.97. The Kier molecular flexibility index (Phi) is 9.00. The maximum atomic E-state index is 13.8. The molecule has 220 valence electrons. The molecule has 0 aromatic heterocycles. The fraction of sp³-hybridized carbons (Fsp3) is 0.111. The fourth-order valence-corrected chi connectivity index (χ4v) is 6.43. The van der Waals surface area contributed by atoms with Crippen molar-refractivity contribution in [1.29, 1.82) is 0 Å². The first-order valence-electron chi connectivity index (χ1n) is 14.0. The number of carbonyl (C=O) groups is 1. The molecule has 1 amide bonds. The van der Waals surface area contributed by atoms with Crippen LogP contribution in [0.2, 0.25) is 0 Å². The summed E-state index contributed by atoms with van der Waals surface area (Å²) < 4.78 is 18.0. The van der Waals surface area contributed by atoms with E-state index in [-0.39, 0.29) is 5.91 Å². The van der Waals surface area contributed by atoms with Gasteiger partial charge >= 0.3 is 0 Å². The average molecular weight is 666 g/mol. The van der Waals surface area contributed by atoms with Crippen LogP contribution in [0.4, 0.5) is 5.69 Å². The summed E-state index contributed by atoms with van der Waals surface area (Å²) in [7, 11) is 3.24. The summed E-state index contributed by atoms with van der Waals surface area (Å²) in [6, 6.07) is 35.7. The minimum atomic E-state index is -0.118. The number of methoxy groups -OCH3 is 2. The average Bonchev–Trinajstić information content (AvgIpc) is 3.33. The van der Waals surface area contributed by atoms with Crippen LogP contribution in [0.5, 0.6) is 17.2 Å². The molecule has 0 saturated carbocycles. The third-order valence-electron chi connectivity index (χ3n) is 7.12. The summed E-state index contributed by atoms with van der Waals surface area (Å²) in [6.07, 6.45) is 1.86. The second-order valence-corrected chi connectivity index (χ2v) is 11.9. The Bertz CT molecular complexity index is 1870. The van der Waals surface area contributed by atoms with E-state index in [0.717, 1.165) is 38.0 Å². The zero-order chi connectivity index (χ0) is 30.5. The molecule has 0 bridgehead atoms. The normalized spacial score (nSPS) is 14.9. The summed E-state index contributed by atoms with van der Waals surface area (Å²) in [5.41, 5.74) is 3.60. The van der Waals surface area contributed by atoms with E-state index >= 15 is 0 Å². The van der Waals surface area contributed by atoms with E-state index in [1.54, 1.807) is 19.1 Å². The third-order valence-corrected chi connectivity index (χ3v) is 8.71. The SMILES string of the molecule is COc1ccc(CN2C(=O)/C(=C/c3cc(Br)c(OCc4ccc5ccccc5c4)c(OC)c3)SC2=Nc2ccccc2)cc1. The van der Waals surface area contributed by atoms with Crippen LogP contribution in [0.25, 0.3) is 16.8 Å². The number of ether oxygens (including phenoxy) is 3. The van der Waals surface area contributed by atoms with Crippen molar-refractivity contribution in [3.63, 3.8) is 0 Å². The maximum absolute atomic E-state index is 13.8. The van der Waals surface area contributed by atoms with Crippen LogP contribution in [-0.4, -0.2) is 30.2 Å². The van der Waals surface area contributed by atoms with E-state index in [9.17, 15) is 4.79 Å². The smallest absolute Gasteiger partial charge is 0.267 e. The Hall–Kier alpha value is -4.53. The highest BCUT2D eigenvalue weighted by molar-refractivity contribution is 9.10. The van der Waals surface area contributed by atoms with Crippen molar-refractivity contribution in [3.8, 4) is 17.2 Å². The van der Waals surface area contributed by atoms with Crippen LogP contribution in [0, 0.1) is 0 Å². The summed E-state index contributed by atoms with van der Waals surface area (Å²) in [4.78, 5) is 20.8. The highest BCUT2D eigenvalue weighted by Crippen LogP contribution is 2.40. The van der Waals surface area contributed by atoms with Crippen molar-refractivity contribution in [2.45, 2.75) is 13.2 Å². The van der Waals surface area contributed by atoms with Gasteiger partial charge in [0, 0.05) is 0 Å². The number of benzene rings is 5. The monoisotopic (exact) mass is 664 g/mol. The van der Waals surface area contributed by atoms with Crippen LogP contribution in [0.1, 0.15) is 16.7 Å². The van der Waals surface area contributed by atoms with Gasteiger partial charge in [0.15, 0.2) is 16.7 Å². The van der Waals surface area contributed by atoms with Gasteiger partial charge in [-0.05, 0) is 104 Å². The van der Waals surface area contributed by atoms with Crippen LogP contribution in [0.15, 0.2) is 124 Å². The Morgan fingerprint density at radius 2 is 1.55 bits per heavy atom. The number of rotatable bonds is 9.